The van der Waals surface area contributed by atoms with E-state index in [1.165, 1.54) is 11.1 Å². The van der Waals surface area contributed by atoms with Crippen LogP contribution in [0.4, 0.5) is 0 Å². The van der Waals surface area contributed by atoms with E-state index in [0.29, 0.717) is 13.2 Å². The Morgan fingerprint density at radius 2 is 1.81 bits per heavy atom. The van der Waals surface area contributed by atoms with Gasteiger partial charge in [-0.25, -0.2) is 0 Å². The zero-order valence-electron chi connectivity index (χ0n) is 12.9. The second-order valence-electron chi connectivity index (χ2n) is 4.97. The Labute approximate surface area is 126 Å². The third kappa shape index (κ3) is 4.50. The van der Waals surface area contributed by atoms with Gasteiger partial charge in [0.15, 0.2) is 0 Å². The van der Waals surface area contributed by atoms with Crippen molar-refractivity contribution in [1.29, 1.82) is 0 Å². The average molecular weight is 286 g/mol. The van der Waals surface area contributed by atoms with E-state index in [9.17, 15) is 0 Å². The molecule has 0 aliphatic rings. The highest BCUT2D eigenvalue weighted by atomic mass is 16.5. The van der Waals surface area contributed by atoms with Gasteiger partial charge in [-0.2, -0.15) is 0 Å². The van der Waals surface area contributed by atoms with Crippen molar-refractivity contribution in [2.45, 2.75) is 20.0 Å². The number of ether oxygens (including phenoxy) is 3. The summed E-state index contributed by atoms with van der Waals surface area (Å²) in [5.41, 5.74) is 3.48. The molecule has 0 saturated carbocycles. The van der Waals surface area contributed by atoms with Crippen molar-refractivity contribution in [2.75, 3.05) is 20.8 Å². The van der Waals surface area contributed by atoms with Gasteiger partial charge < -0.3 is 14.2 Å². The lowest BCUT2D eigenvalue weighted by Gasteiger charge is -2.10. The van der Waals surface area contributed by atoms with Crippen molar-refractivity contribution < 1.29 is 14.2 Å². The number of methoxy groups -OCH3 is 2. The van der Waals surface area contributed by atoms with Crippen LogP contribution in [0.5, 0.6) is 11.5 Å². The van der Waals surface area contributed by atoms with E-state index in [-0.39, 0.29) is 0 Å². The molecule has 0 aliphatic carbocycles. The molecule has 3 heteroatoms. The Morgan fingerprint density at radius 1 is 0.952 bits per heavy atom. The molecule has 0 N–H and O–H groups in total. The molecule has 0 fully saturated rings. The first-order valence-electron chi connectivity index (χ1n) is 7.07. The molecule has 0 amide bonds. The minimum absolute atomic E-state index is 0.563. The largest absolute Gasteiger partial charge is 0.497 e. The lowest BCUT2D eigenvalue weighted by atomic mass is 10.1. The molecule has 0 unspecified atom stereocenters. The third-order valence-corrected chi connectivity index (χ3v) is 3.37. The maximum atomic E-state index is 5.76. The summed E-state index contributed by atoms with van der Waals surface area (Å²) in [6.45, 7) is 3.29. The highest BCUT2D eigenvalue weighted by Gasteiger charge is 2.03. The summed E-state index contributed by atoms with van der Waals surface area (Å²) in [6, 6.07) is 14.2. The fourth-order valence-electron chi connectivity index (χ4n) is 2.17. The second kappa shape index (κ2) is 7.70. The predicted octanol–water partition coefficient (Wildman–Crippen LogP) is 3.77. The zero-order valence-corrected chi connectivity index (χ0v) is 12.9. The Kier molecular flexibility index (Phi) is 5.64. The molecule has 0 bridgehead atoms. The van der Waals surface area contributed by atoms with Crippen molar-refractivity contribution in [3.63, 3.8) is 0 Å². The van der Waals surface area contributed by atoms with Gasteiger partial charge >= 0.3 is 0 Å². The summed E-state index contributed by atoms with van der Waals surface area (Å²) in [4.78, 5) is 0. The Bertz CT molecular complexity index is 578. The molecule has 0 atom stereocenters. The van der Waals surface area contributed by atoms with Crippen LogP contribution in [-0.2, 0) is 17.8 Å². The molecular weight excluding hydrogens is 264 g/mol. The first kappa shape index (κ1) is 15.4. The predicted molar refractivity (Wildman–Crippen MR) is 84.1 cm³/mol. The summed E-state index contributed by atoms with van der Waals surface area (Å²) < 4.78 is 16.3. The molecule has 2 aromatic carbocycles. The summed E-state index contributed by atoms with van der Waals surface area (Å²) in [7, 11) is 3.37. The standard InChI is InChI=1S/C18H22O3/c1-14-7-8-16(18(11-14)20-3)13-21-10-9-15-5-4-6-17(12-15)19-2/h4-8,11-12H,9-10,13H2,1-3H3. The third-order valence-electron chi connectivity index (χ3n) is 3.37. The van der Waals surface area contributed by atoms with Crippen molar-refractivity contribution in [1.82, 2.24) is 0 Å². The number of hydrogen-bond donors (Lipinski definition) is 0. The molecule has 21 heavy (non-hydrogen) atoms. The number of benzene rings is 2. The Balaban J connectivity index is 1.84. The minimum Gasteiger partial charge on any atom is -0.497 e. The summed E-state index contributed by atoms with van der Waals surface area (Å²) in [6.07, 6.45) is 0.866. The molecule has 0 spiro atoms. The number of hydrogen-bond acceptors (Lipinski definition) is 3. The van der Waals surface area contributed by atoms with Gasteiger partial charge in [-0.3, -0.25) is 0 Å². The van der Waals surface area contributed by atoms with Crippen LogP contribution in [0.3, 0.4) is 0 Å². The molecule has 2 aromatic rings. The van der Waals surface area contributed by atoms with Crippen LogP contribution in [0.2, 0.25) is 0 Å². The molecule has 3 nitrogen and oxygen atoms in total. The van der Waals surface area contributed by atoms with Crippen LogP contribution in [-0.4, -0.2) is 20.8 Å². The highest BCUT2D eigenvalue weighted by Crippen LogP contribution is 2.21. The van der Waals surface area contributed by atoms with Gasteiger partial charge in [0.1, 0.15) is 11.5 Å². The van der Waals surface area contributed by atoms with Gasteiger partial charge in [-0.1, -0.05) is 24.3 Å². The molecule has 2 rings (SSSR count). The topological polar surface area (TPSA) is 27.7 Å². The van der Waals surface area contributed by atoms with Gasteiger partial charge in [0.25, 0.3) is 0 Å². The van der Waals surface area contributed by atoms with Gasteiger partial charge in [0.2, 0.25) is 0 Å². The van der Waals surface area contributed by atoms with Gasteiger partial charge in [0, 0.05) is 5.56 Å². The van der Waals surface area contributed by atoms with Crippen molar-refractivity contribution in [3.05, 3.63) is 59.2 Å². The first-order valence-corrected chi connectivity index (χ1v) is 7.07. The van der Waals surface area contributed by atoms with Crippen LogP contribution in [0, 0.1) is 6.92 Å². The maximum absolute atomic E-state index is 5.76. The minimum atomic E-state index is 0.563. The lowest BCUT2D eigenvalue weighted by Crippen LogP contribution is -2.01. The molecule has 112 valence electrons. The SMILES string of the molecule is COc1cccc(CCOCc2ccc(C)cc2OC)c1. The number of aryl methyl sites for hydroxylation is 1. The smallest absolute Gasteiger partial charge is 0.124 e. The van der Waals surface area contributed by atoms with Crippen LogP contribution in [0.1, 0.15) is 16.7 Å². The molecule has 0 saturated heterocycles. The van der Waals surface area contributed by atoms with E-state index >= 15 is 0 Å². The van der Waals surface area contributed by atoms with Gasteiger partial charge in [-0.15, -0.1) is 0 Å². The second-order valence-corrected chi connectivity index (χ2v) is 4.97. The fraction of sp³-hybridized carbons (Fsp3) is 0.333. The lowest BCUT2D eigenvalue weighted by molar-refractivity contribution is 0.122. The van der Waals surface area contributed by atoms with Crippen molar-refractivity contribution in [3.8, 4) is 11.5 Å². The van der Waals surface area contributed by atoms with E-state index in [2.05, 4.69) is 25.1 Å². The molecule has 0 aliphatic heterocycles. The average Bonchev–Trinajstić information content (AvgIpc) is 2.52. The van der Waals surface area contributed by atoms with Crippen LogP contribution >= 0.6 is 0 Å². The number of rotatable bonds is 7. The van der Waals surface area contributed by atoms with E-state index in [1.807, 2.05) is 24.3 Å². The highest BCUT2D eigenvalue weighted by molar-refractivity contribution is 5.36. The summed E-state index contributed by atoms with van der Waals surface area (Å²) in [5.74, 6) is 1.77. The first-order chi connectivity index (χ1) is 10.2. The summed E-state index contributed by atoms with van der Waals surface area (Å²) >= 11 is 0. The van der Waals surface area contributed by atoms with Crippen LogP contribution in [0.25, 0.3) is 0 Å². The van der Waals surface area contributed by atoms with E-state index < -0.39 is 0 Å². The maximum Gasteiger partial charge on any atom is 0.124 e. The van der Waals surface area contributed by atoms with E-state index in [1.54, 1.807) is 14.2 Å². The molecule has 0 radical (unpaired) electrons. The normalized spacial score (nSPS) is 10.4. The van der Waals surface area contributed by atoms with Crippen molar-refractivity contribution >= 4 is 0 Å². The Hall–Kier alpha value is -2.00. The monoisotopic (exact) mass is 286 g/mol. The molecule has 0 heterocycles. The quantitative estimate of drug-likeness (QED) is 0.725. The van der Waals surface area contributed by atoms with Gasteiger partial charge in [0.05, 0.1) is 27.4 Å². The fourth-order valence-corrected chi connectivity index (χ4v) is 2.17. The van der Waals surface area contributed by atoms with Crippen LogP contribution in [0.15, 0.2) is 42.5 Å². The van der Waals surface area contributed by atoms with Crippen molar-refractivity contribution in [2.24, 2.45) is 0 Å². The Morgan fingerprint density at radius 3 is 2.57 bits per heavy atom. The van der Waals surface area contributed by atoms with E-state index in [4.69, 9.17) is 14.2 Å². The summed E-state index contributed by atoms with van der Waals surface area (Å²) in [5, 5.41) is 0. The van der Waals surface area contributed by atoms with Gasteiger partial charge in [-0.05, 0) is 42.7 Å². The van der Waals surface area contributed by atoms with E-state index in [0.717, 1.165) is 23.5 Å². The molecular formula is C18H22O3. The van der Waals surface area contributed by atoms with Crippen LogP contribution < -0.4 is 9.47 Å². The molecule has 0 aromatic heterocycles. The zero-order chi connectivity index (χ0) is 15.1.